The van der Waals surface area contributed by atoms with E-state index in [0.717, 1.165) is 12.1 Å². The van der Waals surface area contributed by atoms with Crippen LogP contribution in [0, 0.1) is 0 Å². The maximum Gasteiger partial charge on any atom is 0.406 e. The Bertz CT molecular complexity index is 1400. The Balaban J connectivity index is 1.75. The number of nitrogens with zero attached hydrogens (tertiary/aromatic N) is 2. The first kappa shape index (κ1) is 23.4. The van der Waals surface area contributed by atoms with Crippen molar-refractivity contribution in [2.75, 3.05) is 5.73 Å². The number of alkyl halides is 3. The number of rotatable bonds is 6. The summed E-state index contributed by atoms with van der Waals surface area (Å²) in [4.78, 5) is -0.667. The number of H-pyrrole nitrogens is 1. The van der Waals surface area contributed by atoms with Crippen LogP contribution < -0.4 is 10.5 Å². The third-order valence-electron chi connectivity index (χ3n) is 4.98. The highest BCUT2D eigenvalue weighted by Crippen LogP contribution is 2.34. The van der Waals surface area contributed by atoms with Crippen molar-refractivity contribution >= 4 is 49.8 Å². The van der Waals surface area contributed by atoms with E-state index in [-0.39, 0.29) is 15.7 Å². The first-order chi connectivity index (χ1) is 15.5. The van der Waals surface area contributed by atoms with Gasteiger partial charge in [0.15, 0.2) is 0 Å². The lowest BCUT2D eigenvalue weighted by Crippen LogP contribution is -2.48. The summed E-state index contributed by atoms with van der Waals surface area (Å²) in [5.41, 5.74) is 7.14. The molecule has 2 heterocycles. The molecule has 4 N–H and O–H groups in total. The van der Waals surface area contributed by atoms with Crippen LogP contribution in [0.25, 0.3) is 22.0 Å². The maximum atomic E-state index is 14.0. The highest BCUT2D eigenvalue weighted by Gasteiger charge is 2.43. The molecule has 0 spiro atoms. The van der Waals surface area contributed by atoms with Crippen molar-refractivity contribution in [3.63, 3.8) is 0 Å². The number of halogens is 5. The number of hydrogen-bond acceptors (Lipinski definition) is 4. The predicted molar refractivity (Wildman–Crippen MR) is 121 cm³/mol. The van der Waals surface area contributed by atoms with Crippen LogP contribution in [-0.4, -0.2) is 35.4 Å². The molecule has 7 nitrogen and oxygen atoms in total. The van der Waals surface area contributed by atoms with Gasteiger partial charge in [-0.3, -0.25) is 5.10 Å². The van der Waals surface area contributed by atoms with E-state index in [1.165, 1.54) is 10.8 Å². The second-order valence-corrected chi connectivity index (χ2v) is 9.72. The van der Waals surface area contributed by atoms with E-state index >= 15 is 0 Å². The molecule has 0 aliphatic carbocycles. The normalized spacial score (nSPS) is 13.5. The van der Waals surface area contributed by atoms with Crippen LogP contribution in [0.4, 0.5) is 18.9 Å². The van der Waals surface area contributed by atoms with Crippen molar-refractivity contribution in [3.8, 4) is 11.1 Å². The van der Waals surface area contributed by atoms with Crippen molar-refractivity contribution in [1.82, 2.24) is 19.5 Å². The first-order valence-corrected chi connectivity index (χ1v) is 11.6. The lowest BCUT2D eigenvalue weighted by atomic mass is 10.1. The molecule has 1 unspecified atom stereocenters. The third-order valence-corrected chi connectivity index (χ3v) is 7.19. The Hall–Kier alpha value is -2.73. The number of nitrogens with one attached hydrogen (secondary N) is 2. The largest absolute Gasteiger partial charge is 0.406 e. The number of fused-ring (bicyclic) bond motifs is 1. The predicted octanol–water partition coefficient (Wildman–Crippen LogP) is 4.83. The highest BCUT2D eigenvalue weighted by molar-refractivity contribution is 7.89. The van der Waals surface area contributed by atoms with E-state index in [1.807, 2.05) is 0 Å². The number of benzene rings is 2. The third kappa shape index (κ3) is 4.67. The van der Waals surface area contributed by atoms with E-state index in [9.17, 15) is 21.6 Å². The zero-order chi connectivity index (χ0) is 24.0. The molecule has 0 amide bonds. The van der Waals surface area contributed by atoms with Crippen LogP contribution in [0.15, 0.2) is 59.9 Å². The summed E-state index contributed by atoms with van der Waals surface area (Å²) in [7, 11) is -4.74. The number of nitrogens with two attached hydrogens (primary N) is 1. The SMILES string of the molecule is Nc1cc(Cl)cc(Cl)c1S(=O)(=O)NC(Cn1cc(-c2cn[nH]c2)c2ccccc21)C(F)(F)F. The Morgan fingerprint density at radius 1 is 1.21 bits per heavy atom. The van der Waals surface area contributed by atoms with E-state index in [0.29, 0.717) is 22.0 Å². The number of aromatic amines is 1. The van der Waals surface area contributed by atoms with Crippen LogP contribution in [0.5, 0.6) is 0 Å². The van der Waals surface area contributed by atoms with E-state index in [1.54, 1.807) is 41.4 Å². The molecule has 4 rings (SSSR count). The number of para-hydroxylation sites is 1. The van der Waals surface area contributed by atoms with Crippen molar-refractivity contribution in [2.24, 2.45) is 0 Å². The van der Waals surface area contributed by atoms with Gasteiger partial charge in [0.25, 0.3) is 0 Å². The summed E-state index contributed by atoms with van der Waals surface area (Å²) in [6.07, 6.45) is -0.239. The minimum absolute atomic E-state index is 0.0504. The summed E-state index contributed by atoms with van der Waals surface area (Å²) >= 11 is 11.7. The quantitative estimate of drug-likeness (QED) is 0.318. The lowest BCUT2D eigenvalue weighted by molar-refractivity contribution is -0.154. The van der Waals surface area contributed by atoms with Gasteiger partial charge in [0.1, 0.15) is 10.9 Å². The van der Waals surface area contributed by atoms with Crippen LogP contribution in [0.2, 0.25) is 10.0 Å². The average Bonchev–Trinajstić information content (AvgIpc) is 3.34. The Morgan fingerprint density at radius 2 is 1.94 bits per heavy atom. The first-order valence-electron chi connectivity index (χ1n) is 9.38. The molecule has 2 aromatic heterocycles. The van der Waals surface area contributed by atoms with Crippen LogP contribution in [0.1, 0.15) is 0 Å². The van der Waals surface area contributed by atoms with Gasteiger partial charge in [-0.05, 0) is 18.2 Å². The topological polar surface area (TPSA) is 106 Å². The summed E-state index contributed by atoms with van der Waals surface area (Å²) in [6.45, 7) is -0.730. The standard InChI is InChI=1S/C20H16Cl2F3N5O2S/c21-12-5-15(22)19(16(26)6-12)33(31,32)29-18(20(23,24)25)10-30-9-14(11-7-27-28-8-11)13-3-1-2-4-17(13)30/h1-9,18,29H,10,26H2,(H,27,28). The molecule has 0 radical (unpaired) electrons. The molecule has 4 aromatic rings. The minimum atomic E-state index is -4.91. The fraction of sp³-hybridized carbons (Fsp3) is 0.150. The number of nitrogen functional groups attached to an aromatic ring is 1. The summed E-state index contributed by atoms with van der Waals surface area (Å²) < 4.78 is 70.6. The van der Waals surface area contributed by atoms with Gasteiger partial charge in [0.05, 0.1) is 16.9 Å². The highest BCUT2D eigenvalue weighted by atomic mass is 35.5. The Labute approximate surface area is 196 Å². The summed E-state index contributed by atoms with van der Waals surface area (Å²) in [5.74, 6) is 0. The fourth-order valence-electron chi connectivity index (χ4n) is 3.54. The van der Waals surface area contributed by atoms with Gasteiger partial charge in [-0.1, -0.05) is 41.4 Å². The number of aromatic nitrogens is 3. The minimum Gasteiger partial charge on any atom is -0.398 e. The molecule has 174 valence electrons. The molecule has 0 bridgehead atoms. The number of sulfonamides is 1. The molecule has 0 aliphatic rings. The van der Waals surface area contributed by atoms with E-state index in [4.69, 9.17) is 28.9 Å². The molecule has 2 aromatic carbocycles. The molecule has 0 saturated heterocycles. The van der Waals surface area contributed by atoms with Gasteiger partial charge in [0, 0.05) is 46.0 Å². The molecule has 0 fully saturated rings. The second-order valence-electron chi connectivity index (χ2n) is 7.22. The molecule has 0 saturated carbocycles. The molecule has 0 aliphatic heterocycles. The van der Waals surface area contributed by atoms with Gasteiger partial charge in [0.2, 0.25) is 10.0 Å². The van der Waals surface area contributed by atoms with Crippen molar-refractivity contribution < 1.29 is 21.6 Å². The summed E-state index contributed by atoms with van der Waals surface area (Å²) in [5, 5.41) is 6.90. The Kier molecular flexibility index (Phi) is 6.08. The fourth-order valence-corrected chi connectivity index (χ4v) is 5.74. The number of anilines is 1. The van der Waals surface area contributed by atoms with Crippen LogP contribution >= 0.6 is 23.2 Å². The maximum absolute atomic E-state index is 14.0. The van der Waals surface area contributed by atoms with Crippen molar-refractivity contribution in [1.29, 1.82) is 0 Å². The molecule has 1 atom stereocenters. The zero-order valence-electron chi connectivity index (χ0n) is 16.6. The van der Waals surface area contributed by atoms with Crippen LogP contribution in [-0.2, 0) is 16.6 Å². The van der Waals surface area contributed by atoms with Crippen LogP contribution in [0.3, 0.4) is 0 Å². The average molecular weight is 518 g/mol. The Morgan fingerprint density at radius 3 is 2.58 bits per heavy atom. The van der Waals surface area contributed by atoms with Gasteiger partial charge in [-0.2, -0.15) is 23.0 Å². The monoisotopic (exact) mass is 517 g/mol. The zero-order valence-corrected chi connectivity index (χ0v) is 18.9. The van der Waals surface area contributed by atoms with E-state index < -0.39 is 33.7 Å². The molecular weight excluding hydrogens is 502 g/mol. The van der Waals surface area contributed by atoms with Crippen molar-refractivity contribution in [3.05, 3.63) is 65.0 Å². The van der Waals surface area contributed by atoms with Gasteiger partial charge in [-0.25, -0.2) is 8.42 Å². The van der Waals surface area contributed by atoms with Gasteiger partial charge < -0.3 is 10.3 Å². The smallest absolute Gasteiger partial charge is 0.398 e. The molecular formula is C20H16Cl2F3N5O2S. The molecule has 33 heavy (non-hydrogen) atoms. The van der Waals surface area contributed by atoms with Gasteiger partial charge >= 0.3 is 6.18 Å². The second kappa shape index (κ2) is 8.56. The lowest BCUT2D eigenvalue weighted by Gasteiger charge is -2.23. The number of hydrogen-bond donors (Lipinski definition) is 3. The van der Waals surface area contributed by atoms with E-state index in [2.05, 4.69) is 10.2 Å². The van der Waals surface area contributed by atoms with Gasteiger partial charge in [-0.15, -0.1) is 0 Å². The molecule has 13 heteroatoms. The van der Waals surface area contributed by atoms with Crippen molar-refractivity contribution in [2.45, 2.75) is 23.7 Å². The summed E-state index contributed by atoms with van der Waals surface area (Å²) in [6, 6.07) is 6.56.